The number of para-hydroxylation sites is 1. The molecule has 0 aliphatic heterocycles. The SMILES string of the molecule is CN(C1CCCCC1)S(=O)(=O)c1ccc(C(=O)Nc2ccccc2-c2cccs2)cc1. The van der Waals surface area contributed by atoms with E-state index in [0.29, 0.717) is 5.56 Å². The molecule has 0 bridgehead atoms. The molecule has 162 valence electrons. The van der Waals surface area contributed by atoms with Gasteiger partial charge < -0.3 is 5.32 Å². The number of amides is 1. The van der Waals surface area contributed by atoms with Crippen molar-refractivity contribution in [3.8, 4) is 10.4 Å². The third kappa shape index (κ3) is 4.74. The molecule has 1 saturated carbocycles. The van der Waals surface area contributed by atoms with E-state index in [1.54, 1.807) is 30.5 Å². The molecule has 0 saturated heterocycles. The summed E-state index contributed by atoms with van der Waals surface area (Å²) in [5.74, 6) is -0.270. The van der Waals surface area contributed by atoms with Gasteiger partial charge in [-0.3, -0.25) is 4.79 Å². The number of rotatable bonds is 6. The Hall–Kier alpha value is -2.48. The van der Waals surface area contributed by atoms with E-state index in [4.69, 9.17) is 0 Å². The molecule has 1 amide bonds. The minimum absolute atomic E-state index is 0.0514. The average molecular weight is 455 g/mol. The molecule has 2 aromatic carbocycles. The number of carbonyl (C=O) groups excluding carboxylic acids is 1. The van der Waals surface area contributed by atoms with Gasteiger partial charge in [-0.2, -0.15) is 4.31 Å². The molecule has 1 aliphatic carbocycles. The van der Waals surface area contributed by atoms with E-state index >= 15 is 0 Å². The Morgan fingerprint density at radius 2 is 1.68 bits per heavy atom. The van der Waals surface area contributed by atoms with Gasteiger partial charge in [0.25, 0.3) is 5.91 Å². The molecule has 7 heteroatoms. The van der Waals surface area contributed by atoms with Gasteiger partial charge >= 0.3 is 0 Å². The van der Waals surface area contributed by atoms with Crippen LogP contribution in [0.4, 0.5) is 5.69 Å². The lowest BCUT2D eigenvalue weighted by Gasteiger charge is -2.30. The van der Waals surface area contributed by atoms with Crippen molar-refractivity contribution in [2.75, 3.05) is 12.4 Å². The summed E-state index contributed by atoms with van der Waals surface area (Å²) in [4.78, 5) is 14.1. The summed E-state index contributed by atoms with van der Waals surface area (Å²) in [6.07, 6.45) is 5.11. The highest BCUT2D eigenvalue weighted by atomic mass is 32.2. The summed E-state index contributed by atoms with van der Waals surface area (Å²) in [5, 5.41) is 4.95. The Labute approximate surface area is 187 Å². The van der Waals surface area contributed by atoms with Crippen molar-refractivity contribution >= 4 is 33.0 Å². The second-order valence-corrected chi connectivity index (χ2v) is 10.8. The van der Waals surface area contributed by atoms with Gasteiger partial charge in [-0.15, -0.1) is 11.3 Å². The van der Waals surface area contributed by atoms with Crippen LogP contribution < -0.4 is 5.32 Å². The van der Waals surface area contributed by atoms with Crippen molar-refractivity contribution in [2.45, 2.75) is 43.0 Å². The molecule has 1 fully saturated rings. The standard InChI is InChI=1S/C24H26N2O3S2/c1-26(19-8-3-2-4-9-19)31(28,29)20-15-13-18(14-16-20)24(27)25-22-11-6-5-10-21(22)23-12-7-17-30-23/h5-7,10-17,19H,2-4,8-9H2,1H3,(H,25,27). The highest BCUT2D eigenvalue weighted by Gasteiger charge is 2.29. The van der Waals surface area contributed by atoms with Gasteiger partial charge in [-0.1, -0.05) is 43.5 Å². The Morgan fingerprint density at radius 3 is 2.35 bits per heavy atom. The Balaban J connectivity index is 1.50. The molecular formula is C24H26N2O3S2. The molecule has 1 aliphatic rings. The van der Waals surface area contributed by atoms with E-state index in [1.807, 2.05) is 41.8 Å². The quantitative estimate of drug-likeness (QED) is 0.526. The summed E-state index contributed by atoms with van der Waals surface area (Å²) in [5.41, 5.74) is 2.10. The van der Waals surface area contributed by atoms with Crippen LogP contribution in [-0.4, -0.2) is 31.7 Å². The summed E-state index contributed by atoms with van der Waals surface area (Å²) in [6, 6.07) is 17.9. The number of nitrogens with one attached hydrogen (secondary N) is 1. The summed E-state index contributed by atoms with van der Waals surface area (Å²) in [7, 11) is -1.91. The molecule has 0 radical (unpaired) electrons. The van der Waals surface area contributed by atoms with Crippen LogP contribution in [0.15, 0.2) is 70.9 Å². The molecule has 1 aromatic heterocycles. The van der Waals surface area contributed by atoms with Gasteiger partial charge in [-0.25, -0.2) is 8.42 Å². The van der Waals surface area contributed by atoms with Gasteiger partial charge in [-0.05, 0) is 54.6 Å². The lowest BCUT2D eigenvalue weighted by Crippen LogP contribution is -2.38. The lowest BCUT2D eigenvalue weighted by molar-refractivity contribution is 0.102. The minimum atomic E-state index is -3.57. The van der Waals surface area contributed by atoms with Crippen molar-refractivity contribution in [1.29, 1.82) is 0 Å². The van der Waals surface area contributed by atoms with Gasteiger partial charge in [0.2, 0.25) is 10.0 Å². The van der Waals surface area contributed by atoms with Crippen LogP contribution in [0.3, 0.4) is 0 Å². The van der Waals surface area contributed by atoms with Gasteiger partial charge in [0.05, 0.1) is 4.90 Å². The first-order valence-electron chi connectivity index (χ1n) is 10.5. The molecule has 1 N–H and O–H groups in total. The summed E-state index contributed by atoms with van der Waals surface area (Å²) >= 11 is 1.61. The molecule has 31 heavy (non-hydrogen) atoms. The first-order valence-corrected chi connectivity index (χ1v) is 12.8. The predicted molar refractivity (Wildman–Crippen MR) is 126 cm³/mol. The smallest absolute Gasteiger partial charge is 0.255 e. The Bertz CT molecular complexity index is 1130. The highest BCUT2D eigenvalue weighted by molar-refractivity contribution is 7.89. The molecule has 0 spiro atoms. The zero-order chi connectivity index (χ0) is 21.8. The fourth-order valence-corrected chi connectivity index (χ4v) is 6.20. The van der Waals surface area contributed by atoms with E-state index in [-0.39, 0.29) is 16.8 Å². The van der Waals surface area contributed by atoms with Gasteiger partial charge in [0.1, 0.15) is 0 Å². The van der Waals surface area contributed by atoms with Gasteiger partial charge in [0, 0.05) is 34.8 Å². The first-order chi connectivity index (χ1) is 15.0. The molecule has 0 atom stereocenters. The van der Waals surface area contributed by atoms with E-state index in [9.17, 15) is 13.2 Å². The molecule has 3 aromatic rings. The van der Waals surface area contributed by atoms with E-state index in [1.165, 1.54) is 22.9 Å². The number of hydrogen-bond acceptors (Lipinski definition) is 4. The monoisotopic (exact) mass is 454 g/mol. The average Bonchev–Trinajstić information content (AvgIpc) is 3.34. The van der Waals surface area contributed by atoms with E-state index in [0.717, 1.165) is 41.8 Å². The van der Waals surface area contributed by atoms with Crippen LogP contribution in [0.25, 0.3) is 10.4 Å². The second kappa shape index (κ2) is 9.34. The predicted octanol–water partition coefficient (Wildman–Crippen LogP) is 5.62. The normalized spacial score (nSPS) is 15.2. The van der Waals surface area contributed by atoms with Crippen molar-refractivity contribution in [3.05, 3.63) is 71.6 Å². The largest absolute Gasteiger partial charge is 0.321 e. The maximum Gasteiger partial charge on any atom is 0.255 e. The van der Waals surface area contributed by atoms with Crippen LogP contribution in [-0.2, 0) is 10.0 Å². The third-order valence-corrected chi connectivity index (χ3v) is 8.67. The van der Waals surface area contributed by atoms with E-state index < -0.39 is 10.0 Å². The zero-order valence-electron chi connectivity index (χ0n) is 17.5. The summed E-state index contributed by atoms with van der Waals surface area (Å²) < 4.78 is 27.5. The highest BCUT2D eigenvalue weighted by Crippen LogP contribution is 2.32. The van der Waals surface area contributed by atoms with Crippen LogP contribution in [0, 0.1) is 0 Å². The maximum atomic E-state index is 13.0. The Morgan fingerprint density at radius 1 is 0.968 bits per heavy atom. The summed E-state index contributed by atoms with van der Waals surface area (Å²) in [6.45, 7) is 0. The van der Waals surface area contributed by atoms with Crippen LogP contribution >= 0.6 is 11.3 Å². The van der Waals surface area contributed by atoms with Crippen LogP contribution in [0.5, 0.6) is 0 Å². The molecular weight excluding hydrogens is 428 g/mol. The fraction of sp³-hybridized carbons (Fsp3) is 0.292. The molecule has 1 heterocycles. The number of nitrogens with zero attached hydrogens (tertiary/aromatic N) is 1. The van der Waals surface area contributed by atoms with Crippen molar-refractivity contribution in [1.82, 2.24) is 4.31 Å². The molecule has 0 unspecified atom stereocenters. The first kappa shape index (κ1) is 21.7. The third-order valence-electron chi connectivity index (χ3n) is 5.84. The second-order valence-electron chi connectivity index (χ2n) is 7.81. The fourth-order valence-electron chi connectivity index (χ4n) is 4.02. The van der Waals surface area contributed by atoms with Crippen molar-refractivity contribution < 1.29 is 13.2 Å². The number of hydrogen-bond donors (Lipinski definition) is 1. The number of sulfonamides is 1. The van der Waals surface area contributed by atoms with Crippen molar-refractivity contribution in [3.63, 3.8) is 0 Å². The van der Waals surface area contributed by atoms with Crippen LogP contribution in [0.2, 0.25) is 0 Å². The van der Waals surface area contributed by atoms with Crippen LogP contribution in [0.1, 0.15) is 42.5 Å². The zero-order valence-corrected chi connectivity index (χ0v) is 19.1. The minimum Gasteiger partial charge on any atom is -0.321 e. The molecule has 5 nitrogen and oxygen atoms in total. The number of thiophene rings is 1. The van der Waals surface area contributed by atoms with E-state index in [2.05, 4.69) is 5.32 Å². The Kier molecular flexibility index (Phi) is 6.55. The maximum absolute atomic E-state index is 13.0. The number of anilines is 1. The lowest BCUT2D eigenvalue weighted by atomic mass is 9.96. The van der Waals surface area contributed by atoms with Gasteiger partial charge in [0.15, 0.2) is 0 Å². The number of benzene rings is 2. The number of carbonyl (C=O) groups is 1. The van der Waals surface area contributed by atoms with Crippen molar-refractivity contribution in [2.24, 2.45) is 0 Å². The topological polar surface area (TPSA) is 66.5 Å². The molecule has 4 rings (SSSR count).